The van der Waals surface area contributed by atoms with E-state index in [1.165, 1.54) is 6.92 Å². The standard InChI is InChI=1S/C19H20N2O4/c1-12-8-13(2)10-15(9-12)19(24)25-11-18(23)21-17-6-4-16(5-7-17)20-14(3)22/h4-10H,11H2,1-3H3,(H,20,22)(H,21,23). The summed E-state index contributed by atoms with van der Waals surface area (Å²) in [6.07, 6.45) is 0. The van der Waals surface area contributed by atoms with Gasteiger partial charge in [-0.05, 0) is 50.2 Å². The smallest absolute Gasteiger partial charge is 0.338 e. The molecule has 0 saturated carbocycles. The van der Waals surface area contributed by atoms with Crippen LogP contribution >= 0.6 is 0 Å². The fraction of sp³-hybridized carbons (Fsp3) is 0.211. The van der Waals surface area contributed by atoms with Crippen molar-refractivity contribution in [1.29, 1.82) is 0 Å². The molecule has 0 unspecified atom stereocenters. The van der Waals surface area contributed by atoms with E-state index < -0.39 is 11.9 Å². The number of ether oxygens (including phenoxy) is 1. The third-order valence-corrected chi connectivity index (χ3v) is 3.28. The molecule has 0 aromatic heterocycles. The van der Waals surface area contributed by atoms with Crippen LogP contribution in [0.3, 0.4) is 0 Å². The van der Waals surface area contributed by atoms with Gasteiger partial charge in [-0.15, -0.1) is 0 Å². The van der Waals surface area contributed by atoms with Crippen LogP contribution in [0.2, 0.25) is 0 Å². The first kappa shape index (κ1) is 18.2. The highest BCUT2D eigenvalue weighted by atomic mass is 16.5. The number of nitrogens with one attached hydrogen (secondary N) is 2. The molecule has 0 aliphatic rings. The lowest BCUT2D eigenvalue weighted by Crippen LogP contribution is -2.21. The Balaban J connectivity index is 1.87. The molecule has 0 bridgehead atoms. The summed E-state index contributed by atoms with van der Waals surface area (Å²) in [4.78, 5) is 34.9. The average Bonchev–Trinajstić information content (AvgIpc) is 2.53. The molecule has 0 aliphatic carbocycles. The monoisotopic (exact) mass is 340 g/mol. The first-order valence-electron chi connectivity index (χ1n) is 7.76. The van der Waals surface area contributed by atoms with Crippen LogP contribution in [-0.4, -0.2) is 24.4 Å². The van der Waals surface area contributed by atoms with Gasteiger partial charge >= 0.3 is 5.97 Å². The van der Waals surface area contributed by atoms with Gasteiger partial charge in [0, 0.05) is 18.3 Å². The number of benzene rings is 2. The quantitative estimate of drug-likeness (QED) is 0.819. The van der Waals surface area contributed by atoms with Crippen molar-refractivity contribution in [2.24, 2.45) is 0 Å². The predicted octanol–water partition coefficient (Wildman–Crippen LogP) is 3.06. The fourth-order valence-corrected chi connectivity index (χ4v) is 2.34. The molecule has 0 atom stereocenters. The van der Waals surface area contributed by atoms with E-state index in [1.807, 2.05) is 19.9 Å². The summed E-state index contributed by atoms with van der Waals surface area (Å²) in [5, 5.41) is 5.25. The van der Waals surface area contributed by atoms with E-state index in [0.717, 1.165) is 11.1 Å². The average molecular weight is 340 g/mol. The Bertz CT molecular complexity index is 777. The fourth-order valence-electron chi connectivity index (χ4n) is 2.34. The lowest BCUT2D eigenvalue weighted by molar-refractivity contribution is -0.119. The number of aryl methyl sites for hydroxylation is 2. The number of amides is 2. The number of esters is 1. The molecule has 2 aromatic rings. The van der Waals surface area contributed by atoms with Gasteiger partial charge in [-0.25, -0.2) is 4.79 Å². The Kier molecular flexibility index (Phi) is 5.89. The molecule has 0 aliphatic heterocycles. The summed E-state index contributed by atoms with van der Waals surface area (Å²) < 4.78 is 5.04. The number of hydrogen-bond acceptors (Lipinski definition) is 4. The van der Waals surface area contributed by atoms with E-state index >= 15 is 0 Å². The van der Waals surface area contributed by atoms with Gasteiger partial charge in [-0.2, -0.15) is 0 Å². The van der Waals surface area contributed by atoms with Crippen LogP contribution in [-0.2, 0) is 14.3 Å². The van der Waals surface area contributed by atoms with Crippen molar-refractivity contribution in [3.8, 4) is 0 Å². The second-order valence-electron chi connectivity index (χ2n) is 5.76. The van der Waals surface area contributed by atoms with E-state index in [9.17, 15) is 14.4 Å². The minimum Gasteiger partial charge on any atom is -0.452 e. The number of carbonyl (C=O) groups excluding carboxylic acids is 3. The molecule has 2 N–H and O–H groups in total. The largest absolute Gasteiger partial charge is 0.452 e. The van der Waals surface area contributed by atoms with Gasteiger partial charge in [0.1, 0.15) is 0 Å². The summed E-state index contributed by atoms with van der Waals surface area (Å²) >= 11 is 0. The topological polar surface area (TPSA) is 84.5 Å². The van der Waals surface area contributed by atoms with Gasteiger partial charge in [0.15, 0.2) is 6.61 Å². The van der Waals surface area contributed by atoms with Crippen molar-refractivity contribution < 1.29 is 19.1 Å². The van der Waals surface area contributed by atoms with Crippen LogP contribution in [0, 0.1) is 13.8 Å². The molecule has 6 heteroatoms. The summed E-state index contributed by atoms with van der Waals surface area (Å²) in [7, 11) is 0. The summed E-state index contributed by atoms with van der Waals surface area (Å²) in [5.74, 6) is -1.15. The highest BCUT2D eigenvalue weighted by molar-refractivity contribution is 5.96. The second kappa shape index (κ2) is 8.10. The summed E-state index contributed by atoms with van der Waals surface area (Å²) in [5.41, 5.74) is 3.50. The van der Waals surface area contributed by atoms with E-state index in [1.54, 1.807) is 36.4 Å². The van der Waals surface area contributed by atoms with Gasteiger partial charge in [0.05, 0.1) is 5.56 Å². The van der Waals surface area contributed by atoms with Crippen molar-refractivity contribution >= 4 is 29.2 Å². The normalized spacial score (nSPS) is 10.0. The van der Waals surface area contributed by atoms with Crippen molar-refractivity contribution in [2.45, 2.75) is 20.8 Å². The molecule has 2 aromatic carbocycles. The van der Waals surface area contributed by atoms with E-state index in [2.05, 4.69) is 10.6 Å². The summed E-state index contributed by atoms with van der Waals surface area (Å²) in [6, 6.07) is 12.0. The van der Waals surface area contributed by atoms with Crippen LogP contribution in [0.15, 0.2) is 42.5 Å². The van der Waals surface area contributed by atoms with Gasteiger partial charge < -0.3 is 15.4 Å². The lowest BCUT2D eigenvalue weighted by atomic mass is 10.1. The molecule has 2 rings (SSSR count). The van der Waals surface area contributed by atoms with E-state index in [-0.39, 0.29) is 12.5 Å². The zero-order valence-electron chi connectivity index (χ0n) is 14.4. The SMILES string of the molecule is CC(=O)Nc1ccc(NC(=O)COC(=O)c2cc(C)cc(C)c2)cc1. The van der Waals surface area contributed by atoms with Crippen molar-refractivity contribution in [3.05, 3.63) is 59.2 Å². The number of hydrogen-bond donors (Lipinski definition) is 2. The molecule has 130 valence electrons. The Morgan fingerprint density at radius 1 is 0.880 bits per heavy atom. The highest BCUT2D eigenvalue weighted by Gasteiger charge is 2.11. The van der Waals surface area contributed by atoms with Crippen LogP contribution in [0.1, 0.15) is 28.4 Å². The van der Waals surface area contributed by atoms with Gasteiger partial charge in [0.25, 0.3) is 5.91 Å². The number of anilines is 2. The maximum Gasteiger partial charge on any atom is 0.338 e. The molecular formula is C19H20N2O4. The molecule has 0 fully saturated rings. The maximum absolute atomic E-state index is 12.0. The van der Waals surface area contributed by atoms with Crippen LogP contribution < -0.4 is 10.6 Å². The molecule has 0 saturated heterocycles. The minimum atomic E-state index is -0.539. The molecule has 6 nitrogen and oxygen atoms in total. The molecular weight excluding hydrogens is 320 g/mol. The van der Waals surface area contributed by atoms with E-state index in [4.69, 9.17) is 4.74 Å². The van der Waals surface area contributed by atoms with Crippen molar-refractivity contribution in [1.82, 2.24) is 0 Å². The molecule has 0 spiro atoms. The summed E-state index contributed by atoms with van der Waals surface area (Å²) in [6.45, 7) is 4.82. The van der Waals surface area contributed by atoms with Gasteiger partial charge in [-0.1, -0.05) is 17.2 Å². The third kappa shape index (κ3) is 5.76. The number of carbonyl (C=O) groups is 3. The molecule has 0 heterocycles. The number of rotatable bonds is 5. The Morgan fingerprint density at radius 2 is 1.40 bits per heavy atom. The molecule has 0 radical (unpaired) electrons. The van der Waals surface area contributed by atoms with Gasteiger partial charge in [-0.3, -0.25) is 9.59 Å². The lowest BCUT2D eigenvalue weighted by Gasteiger charge is -2.08. The minimum absolute atomic E-state index is 0.171. The molecule has 25 heavy (non-hydrogen) atoms. The Labute approximate surface area is 146 Å². The van der Waals surface area contributed by atoms with Gasteiger partial charge in [0.2, 0.25) is 5.91 Å². The molecule has 2 amide bonds. The van der Waals surface area contributed by atoms with Crippen LogP contribution in [0.5, 0.6) is 0 Å². The zero-order chi connectivity index (χ0) is 18.4. The van der Waals surface area contributed by atoms with Crippen LogP contribution in [0.25, 0.3) is 0 Å². The Hall–Kier alpha value is -3.15. The zero-order valence-corrected chi connectivity index (χ0v) is 14.4. The maximum atomic E-state index is 12.0. The second-order valence-corrected chi connectivity index (χ2v) is 5.76. The van der Waals surface area contributed by atoms with E-state index in [0.29, 0.717) is 16.9 Å². The van der Waals surface area contributed by atoms with Crippen LogP contribution in [0.4, 0.5) is 11.4 Å². The Morgan fingerprint density at radius 3 is 1.92 bits per heavy atom. The highest BCUT2D eigenvalue weighted by Crippen LogP contribution is 2.14. The first-order chi connectivity index (χ1) is 11.8. The van der Waals surface area contributed by atoms with Crippen molar-refractivity contribution in [2.75, 3.05) is 17.2 Å². The van der Waals surface area contributed by atoms with Crippen molar-refractivity contribution in [3.63, 3.8) is 0 Å². The first-order valence-corrected chi connectivity index (χ1v) is 7.76. The third-order valence-electron chi connectivity index (χ3n) is 3.28. The predicted molar refractivity (Wildman–Crippen MR) is 95.6 cm³/mol.